The second-order valence-corrected chi connectivity index (χ2v) is 4.87. The smallest absolute Gasteiger partial charge is 0.132 e. The van der Waals surface area contributed by atoms with Gasteiger partial charge in [0.2, 0.25) is 0 Å². The molecule has 0 aromatic carbocycles. The first kappa shape index (κ1) is 14.4. The first-order valence-electron chi connectivity index (χ1n) is 7.23. The molecule has 0 saturated carbocycles. The van der Waals surface area contributed by atoms with Gasteiger partial charge < -0.3 is 5.32 Å². The minimum Gasteiger partial charge on any atom is -0.370 e. The highest BCUT2D eigenvalue weighted by Gasteiger charge is 2.10. The third kappa shape index (κ3) is 3.53. The first-order valence-corrected chi connectivity index (χ1v) is 7.23. The first-order chi connectivity index (χ1) is 9.74. The van der Waals surface area contributed by atoms with E-state index in [1.165, 1.54) is 5.56 Å². The van der Waals surface area contributed by atoms with E-state index in [0.29, 0.717) is 0 Å². The SMILES string of the molecule is CCCNc1nc(CC)nc(Cc2ccncc2)c1C. The van der Waals surface area contributed by atoms with Crippen LogP contribution >= 0.6 is 0 Å². The Morgan fingerprint density at radius 1 is 1.10 bits per heavy atom. The molecular weight excluding hydrogens is 248 g/mol. The zero-order chi connectivity index (χ0) is 14.4. The highest BCUT2D eigenvalue weighted by Crippen LogP contribution is 2.18. The molecule has 0 saturated heterocycles. The molecule has 0 unspecified atom stereocenters. The lowest BCUT2D eigenvalue weighted by Crippen LogP contribution is -2.10. The van der Waals surface area contributed by atoms with E-state index in [2.05, 4.69) is 41.0 Å². The Kier molecular flexibility index (Phi) is 5.04. The quantitative estimate of drug-likeness (QED) is 0.876. The largest absolute Gasteiger partial charge is 0.370 e. The van der Waals surface area contributed by atoms with Crippen molar-refractivity contribution in [3.63, 3.8) is 0 Å². The van der Waals surface area contributed by atoms with Crippen molar-refractivity contribution >= 4 is 5.82 Å². The zero-order valence-electron chi connectivity index (χ0n) is 12.5. The van der Waals surface area contributed by atoms with Gasteiger partial charge in [-0.05, 0) is 31.0 Å². The number of hydrogen-bond donors (Lipinski definition) is 1. The predicted octanol–water partition coefficient (Wildman–Crippen LogP) is 3.16. The second-order valence-electron chi connectivity index (χ2n) is 4.87. The van der Waals surface area contributed by atoms with Crippen LogP contribution in [0.3, 0.4) is 0 Å². The molecule has 2 rings (SSSR count). The van der Waals surface area contributed by atoms with Gasteiger partial charge in [0.1, 0.15) is 11.6 Å². The van der Waals surface area contributed by atoms with Crippen molar-refractivity contribution in [3.8, 4) is 0 Å². The van der Waals surface area contributed by atoms with Crippen LogP contribution in [-0.4, -0.2) is 21.5 Å². The molecule has 106 valence electrons. The van der Waals surface area contributed by atoms with Crippen molar-refractivity contribution in [3.05, 3.63) is 47.2 Å². The molecule has 0 amide bonds. The van der Waals surface area contributed by atoms with Crippen LogP contribution in [-0.2, 0) is 12.8 Å². The topological polar surface area (TPSA) is 50.7 Å². The van der Waals surface area contributed by atoms with Crippen LogP contribution in [0.15, 0.2) is 24.5 Å². The van der Waals surface area contributed by atoms with Crippen LogP contribution in [0, 0.1) is 6.92 Å². The highest BCUT2D eigenvalue weighted by atomic mass is 15.0. The van der Waals surface area contributed by atoms with Gasteiger partial charge in [-0.1, -0.05) is 13.8 Å². The molecule has 0 atom stereocenters. The van der Waals surface area contributed by atoms with E-state index in [9.17, 15) is 0 Å². The van der Waals surface area contributed by atoms with E-state index in [0.717, 1.165) is 48.7 Å². The van der Waals surface area contributed by atoms with Crippen molar-refractivity contribution < 1.29 is 0 Å². The summed E-state index contributed by atoms with van der Waals surface area (Å²) in [6, 6.07) is 4.07. The van der Waals surface area contributed by atoms with Crippen molar-refractivity contribution in [2.45, 2.75) is 40.0 Å². The molecule has 0 fully saturated rings. The van der Waals surface area contributed by atoms with Gasteiger partial charge in [-0.3, -0.25) is 4.98 Å². The van der Waals surface area contributed by atoms with Gasteiger partial charge in [0.25, 0.3) is 0 Å². The van der Waals surface area contributed by atoms with Gasteiger partial charge in [-0.2, -0.15) is 0 Å². The Morgan fingerprint density at radius 3 is 2.50 bits per heavy atom. The van der Waals surface area contributed by atoms with Crippen LogP contribution < -0.4 is 5.32 Å². The van der Waals surface area contributed by atoms with Crippen LogP contribution in [0.4, 0.5) is 5.82 Å². The summed E-state index contributed by atoms with van der Waals surface area (Å²) in [5.74, 6) is 1.88. The lowest BCUT2D eigenvalue weighted by molar-refractivity contribution is 0.871. The second kappa shape index (κ2) is 6.98. The van der Waals surface area contributed by atoms with E-state index >= 15 is 0 Å². The Hall–Kier alpha value is -1.97. The molecule has 0 bridgehead atoms. The van der Waals surface area contributed by atoms with Crippen molar-refractivity contribution in [1.82, 2.24) is 15.0 Å². The third-order valence-electron chi connectivity index (χ3n) is 3.27. The standard InChI is InChI=1S/C16H22N4/c1-4-8-18-16-12(3)14(19-15(5-2)20-16)11-13-6-9-17-10-7-13/h6-7,9-10H,4-5,8,11H2,1-3H3,(H,18,19,20). The summed E-state index contributed by atoms with van der Waals surface area (Å²) in [7, 11) is 0. The summed E-state index contributed by atoms with van der Waals surface area (Å²) in [6.07, 6.45) is 6.41. The van der Waals surface area contributed by atoms with Gasteiger partial charge in [-0.25, -0.2) is 9.97 Å². The van der Waals surface area contributed by atoms with E-state index in [1.54, 1.807) is 0 Å². The molecule has 20 heavy (non-hydrogen) atoms. The maximum atomic E-state index is 4.68. The molecule has 0 radical (unpaired) electrons. The fraction of sp³-hybridized carbons (Fsp3) is 0.438. The molecule has 4 nitrogen and oxygen atoms in total. The lowest BCUT2D eigenvalue weighted by atomic mass is 10.1. The molecule has 0 aliphatic heterocycles. The number of aryl methyl sites for hydroxylation is 1. The number of anilines is 1. The van der Waals surface area contributed by atoms with Gasteiger partial charge >= 0.3 is 0 Å². The average molecular weight is 270 g/mol. The third-order valence-corrected chi connectivity index (χ3v) is 3.27. The van der Waals surface area contributed by atoms with Gasteiger partial charge in [-0.15, -0.1) is 0 Å². The number of nitrogens with zero attached hydrogens (tertiary/aromatic N) is 3. The lowest BCUT2D eigenvalue weighted by Gasteiger charge is -2.13. The maximum Gasteiger partial charge on any atom is 0.132 e. The zero-order valence-corrected chi connectivity index (χ0v) is 12.5. The average Bonchev–Trinajstić information content (AvgIpc) is 2.49. The van der Waals surface area contributed by atoms with Crippen molar-refractivity contribution in [1.29, 1.82) is 0 Å². The maximum absolute atomic E-state index is 4.68. The van der Waals surface area contributed by atoms with E-state index in [-0.39, 0.29) is 0 Å². The molecule has 2 heterocycles. The van der Waals surface area contributed by atoms with Crippen LogP contribution in [0.2, 0.25) is 0 Å². The molecule has 0 aliphatic rings. The molecule has 4 heteroatoms. The normalized spacial score (nSPS) is 10.6. The summed E-state index contributed by atoms with van der Waals surface area (Å²) in [6.45, 7) is 7.27. The fourth-order valence-electron chi connectivity index (χ4n) is 2.05. The predicted molar refractivity (Wildman–Crippen MR) is 82.0 cm³/mol. The number of pyridine rings is 1. The van der Waals surface area contributed by atoms with E-state index < -0.39 is 0 Å². The minimum absolute atomic E-state index is 0.824. The summed E-state index contributed by atoms with van der Waals surface area (Å²) < 4.78 is 0. The monoisotopic (exact) mass is 270 g/mol. The van der Waals surface area contributed by atoms with Gasteiger partial charge in [0.15, 0.2) is 0 Å². The Morgan fingerprint density at radius 2 is 1.85 bits per heavy atom. The molecule has 0 aliphatic carbocycles. The molecule has 2 aromatic heterocycles. The summed E-state index contributed by atoms with van der Waals surface area (Å²) in [5.41, 5.74) is 3.47. The summed E-state index contributed by atoms with van der Waals surface area (Å²) in [4.78, 5) is 13.3. The van der Waals surface area contributed by atoms with Gasteiger partial charge in [0, 0.05) is 37.3 Å². The van der Waals surface area contributed by atoms with Gasteiger partial charge in [0.05, 0.1) is 5.69 Å². The summed E-state index contributed by atoms with van der Waals surface area (Å²) >= 11 is 0. The number of hydrogen-bond acceptors (Lipinski definition) is 4. The van der Waals surface area contributed by atoms with Crippen molar-refractivity contribution in [2.75, 3.05) is 11.9 Å². The van der Waals surface area contributed by atoms with E-state index in [1.807, 2.05) is 24.5 Å². The molecule has 2 aromatic rings. The Labute approximate surface area is 120 Å². The molecule has 0 spiro atoms. The molecular formula is C16H22N4. The molecule has 1 N–H and O–H groups in total. The minimum atomic E-state index is 0.824. The highest BCUT2D eigenvalue weighted by molar-refractivity contribution is 5.47. The van der Waals surface area contributed by atoms with Crippen LogP contribution in [0.25, 0.3) is 0 Å². The fourth-order valence-corrected chi connectivity index (χ4v) is 2.05. The number of aromatic nitrogens is 3. The Balaban J connectivity index is 2.31. The van der Waals surface area contributed by atoms with Crippen molar-refractivity contribution in [2.24, 2.45) is 0 Å². The van der Waals surface area contributed by atoms with Crippen LogP contribution in [0.1, 0.15) is 42.9 Å². The Bertz CT molecular complexity index is 552. The number of nitrogens with one attached hydrogen (secondary N) is 1. The number of rotatable bonds is 6. The summed E-state index contributed by atoms with van der Waals surface area (Å²) in [5, 5.41) is 3.40. The van der Waals surface area contributed by atoms with E-state index in [4.69, 9.17) is 0 Å². The van der Waals surface area contributed by atoms with Crippen LogP contribution in [0.5, 0.6) is 0 Å².